The zero-order chi connectivity index (χ0) is 14.7. The molecule has 1 aromatic carbocycles. The van der Waals surface area contributed by atoms with Gasteiger partial charge in [-0.3, -0.25) is 0 Å². The SMILES string of the molecule is CCOC(=O)c1ccc(-c2cc3cccccc-3c2)cc1. The largest absolute Gasteiger partial charge is 0.462 e. The van der Waals surface area contributed by atoms with Crippen LogP contribution in [-0.4, -0.2) is 12.6 Å². The molecule has 0 amide bonds. The van der Waals surface area contributed by atoms with Crippen molar-refractivity contribution >= 4 is 5.97 Å². The predicted molar refractivity (Wildman–Crippen MR) is 84.5 cm³/mol. The lowest BCUT2D eigenvalue weighted by atomic mass is 10.1. The van der Waals surface area contributed by atoms with Crippen molar-refractivity contribution in [2.24, 2.45) is 0 Å². The van der Waals surface area contributed by atoms with Crippen LogP contribution < -0.4 is 0 Å². The average Bonchev–Trinajstić information content (AvgIpc) is 2.79. The van der Waals surface area contributed by atoms with Gasteiger partial charge in [-0.1, -0.05) is 42.5 Å². The van der Waals surface area contributed by atoms with Crippen LogP contribution in [0, 0.1) is 0 Å². The van der Waals surface area contributed by atoms with Gasteiger partial charge in [0, 0.05) is 0 Å². The molecule has 0 aliphatic heterocycles. The Morgan fingerprint density at radius 3 is 2.00 bits per heavy atom. The Balaban J connectivity index is 1.93. The minimum atomic E-state index is -0.274. The Morgan fingerprint density at radius 2 is 1.43 bits per heavy atom. The van der Waals surface area contributed by atoms with E-state index in [-0.39, 0.29) is 5.97 Å². The van der Waals surface area contributed by atoms with Gasteiger partial charge < -0.3 is 4.74 Å². The highest BCUT2D eigenvalue weighted by atomic mass is 16.5. The molecule has 104 valence electrons. The van der Waals surface area contributed by atoms with Gasteiger partial charge in [0.05, 0.1) is 12.2 Å². The molecular weight excluding hydrogens is 260 g/mol. The van der Waals surface area contributed by atoms with E-state index in [1.807, 2.05) is 49.4 Å². The van der Waals surface area contributed by atoms with E-state index in [1.165, 1.54) is 11.1 Å². The van der Waals surface area contributed by atoms with Crippen molar-refractivity contribution in [3.63, 3.8) is 0 Å². The third-order valence-corrected chi connectivity index (χ3v) is 3.46. The highest BCUT2D eigenvalue weighted by Gasteiger charge is 2.09. The summed E-state index contributed by atoms with van der Waals surface area (Å²) in [4.78, 5) is 11.6. The molecule has 0 aromatic heterocycles. The normalized spacial score (nSPS) is 10.5. The Kier molecular flexibility index (Phi) is 3.69. The van der Waals surface area contributed by atoms with Crippen LogP contribution in [0.1, 0.15) is 17.3 Å². The number of carbonyl (C=O) groups excluding carboxylic acids is 1. The number of fused-ring (bicyclic) bond motifs is 1. The summed E-state index contributed by atoms with van der Waals surface area (Å²) in [5, 5.41) is 0. The van der Waals surface area contributed by atoms with Crippen molar-refractivity contribution in [3.8, 4) is 22.3 Å². The maximum atomic E-state index is 11.6. The molecule has 2 aliphatic rings. The number of rotatable bonds is 3. The van der Waals surface area contributed by atoms with E-state index >= 15 is 0 Å². The zero-order valence-electron chi connectivity index (χ0n) is 11.9. The summed E-state index contributed by atoms with van der Waals surface area (Å²) in [5.41, 5.74) is 5.27. The first kappa shape index (κ1) is 13.4. The van der Waals surface area contributed by atoms with Crippen molar-refractivity contribution in [1.82, 2.24) is 0 Å². The fraction of sp³-hybridized carbons (Fsp3) is 0.105. The third-order valence-electron chi connectivity index (χ3n) is 3.46. The molecule has 2 heteroatoms. The molecule has 0 bridgehead atoms. The second-order valence-corrected chi connectivity index (χ2v) is 4.86. The van der Waals surface area contributed by atoms with Gasteiger partial charge in [0.15, 0.2) is 0 Å². The Morgan fingerprint density at radius 1 is 0.810 bits per heavy atom. The highest BCUT2D eigenvalue weighted by molar-refractivity contribution is 5.90. The van der Waals surface area contributed by atoms with Gasteiger partial charge in [0.1, 0.15) is 0 Å². The number of hydrogen-bond donors (Lipinski definition) is 0. The van der Waals surface area contributed by atoms with Gasteiger partial charge in [0.2, 0.25) is 0 Å². The summed E-state index contributed by atoms with van der Waals surface area (Å²) in [7, 11) is 0. The molecule has 1 aromatic rings. The average molecular weight is 276 g/mol. The molecule has 0 atom stereocenters. The molecule has 2 nitrogen and oxygen atoms in total. The van der Waals surface area contributed by atoms with Gasteiger partial charge in [-0.25, -0.2) is 4.79 Å². The number of benzene rings is 1. The molecule has 2 aliphatic carbocycles. The van der Waals surface area contributed by atoms with Crippen molar-refractivity contribution < 1.29 is 9.53 Å². The Hall–Kier alpha value is -2.61. The van der Waals surface area contributed by atoms with Crippen molar-refractivity contribution in [2.75, 3.05) is 6.61 Å². The molecule has 3 rings (SSSR count). The van der Waals surface area contributed by atoms with E-state index in [4.69, 9.17) is 4.74 Å². The summed E-state index contributed by atoms with van der Waals surface area (Å²) in [6.45, 7) is 2.20. The standard InChI is InChI=1S/C19H16O2/c1-2-21-19(20)15-10-8-14(9-11-15)18-12-16-6-4-3-5-7-17(16)13-18/h3-13H,2H2,1H3. The molecule has 0 spiro atoms. The van der Waals surface area contributed by atoms with Gasteiger partial charge >= 0.3 is 5.97 Å². The molecular formula is C19H16O2. The lowest BCUT2D eigenvalue weighted by Crippen LogP contribution is -2.03. The van der Waals surface area contributed by atoms with E-state index in [0.717, 1.165) is 11.1 Å². The third kappa shape index (κ3) is 2.79. The number of esters is 1. The van der Waals surface area contributed by atoms with Crippen molar-refractivity contribution in [2.45, 2.75) is 6.92 Å². The van der Waals surface area contributed by atoms with Crippen LogP contribution in [-0.2, 0) is 4.74 Å². The summed E-state index contributed by atoms with van der Waals surface area (Å²) < 4.78 is 4.99. The summed E-state index contributed by atoms with van der Waals surface area (Å²) in [6, 6.07) is 22.2. The molecule has 0 heterocycles. The first-order valence-corrected chi connectivity index (χ1v) is 7.04. The predicted octanol–water partition coefficient (Wildman–Crippen LogP) is 4.64. The second-order valence-electron chi connectivity index (χ2n) is 4.86. The van der Waals surface area contributed by atoms with Gasteiger partial charge in [-0.2, -0.15) is 0 Å². The van der Waals surface area contributed by atoms with Crippen LogP contribution in [0.3, 0.4) is 0 Å². The molecule has 0 saturated carbocycles. The topological polar surface area (TPSA) is 26.3 Å². The van der Waals surface area contributed by atoms with Gasteiger partial charge in [-0.15, -0.1) is 0 Å². The Bertz CT molecular complexity index is 698. The summed E-state index contributed by atoms with van der Waals surface area (Å²) in [6.07, 6.45) is 0. The monoisotopic (exact) mass is 276 g/mol. The smallest absolute Gasteiger partial charge is 0.338 e. The second kappa shape index (κ2) is 5.80. The van der Waals surface area contributed by atoms with Gasteiger partial charge in [-0.05, 0) is 53.4 Å². The van der Waals surface area contributed by atoms with E-state index in [9.17, 15) is 4.79 Å². The number of hydrogen-bond acceptors (Lipinski definition) is 2. The molecule has 0 saturated heterocycles. The minimum Gasteiger partial charge on any atom is -0.462 e. The van der Waals surface area contributed by atoms with Crippen LogP contribution in [0.25, 0.3) is 22.3 Å². The number of carbonyl (C=O) groups is 1. The minimum absolute atomic E-state index is 0.274. The van der Waals surface area contributed by atoms with Crippen LogP contribution in [0.15, 0.2) is 66.7 Å². The van der Waals surface area contributed by atoms with Gasteiger partial charge in [0.25, 0.3) is 0 Å². The fourth-order valence-electron chi connectivity index (χ4n) is 2.39. The quantitative estimate of drug-likeness (QED) is 0.652. The van der Waals surface area contributed by atoms with E-state index in [0.29, 0.717) is 12.2 Å². The lowest BCUT2D eigenvalue weighted by molar-refractivity contribution is 0.0526. The van der Waals surface area contributed by atoms with Crippen molar-refractivity contribution in [3.05, 3.63) is 72.3 Å². The molecule has 0 unspecified atom stereocenters. The van der Waals surface area contributed by atoms with Crippen LogP contribution in [0.5, 0.6) is 0 Å². The maximum absolute atomic E-state index is 11.6. The number of ether oxygens (including phenoxy) is 1. The van der Waals surface area contributed by atoms with Crippen LogP contribution in [0.4, 0.5) is 0 Å². The van der Waals surface area contributed by atoms with Crippen LogP contribution in [0.2, 0.25) is 0 Å². The lowest BCUT2D eigenvalue weighted by Gasteiger charge is -2.02. The highest BCUT2D eigenvalue weighted by Crippen LogP contribution is 2.31. The molecule has 0 N–H and O–H groups in total. The van der Waals surface area contributed by atoms with Crippen molar-refractivity contribution in [1.29, 1.82) is 0 Å². The van der Waals surface area contributed by atoms with E-state index in [2.05, 4.69) is 24.3 Å². The maximum Gasteiger partial charge on any atom is 0.338 e. The molecule has 21 heavy (non-hydrogen) atoms. The zero-order valence-corrected chi connectivity index (χ0v) is 11.9. The molecule has 0 fully saturated rings. The first-order valence-electron chi connectivity index (χ1n) is 7.04. The van der Waals surface area contributed by atoms with Crippen LogP contribution >= 0.6 is 0 Å². The summed E-state index contributed by atoms with van der Waals surface area (Å²) >= 11 is 0. The fourth-order valence-corrected chi connectivity index (χ4v) is 2.39. The first-order chi connectivity index (χ1) is 10.3. The van der Waals surface area contributed by atoms with E-state index < -0.39 is 0 Å². The Labute approximate surface area is 124 Å². The molecule has 0 radical (unpaired) electrons. The summed E-state index contributed by atoms with van der Waals surface area (Å²) in [5.74, 6) is -0.274. The van der Waals surface area contributed by atoms with E-state index in [1.54, 1.807) is 0 Å².